The summed E-state index contributed by atoms with van der Waals surface area (Å²) in [5.74, 6) is 0.668. The highest BCUT2D eigenvalue weighted by Crippen LogP contribution is 2.20. The summed E-state index contributed by atoms with van der Waals surface area (Å²) in [5, 5.41) is 0. The van der Waals surface area contributed by atoms with Gasteiger partial charge in [0.25, 0.3) is 0 Å². The fraction of sp³-hybridized carbons (Fsp3) is 0.971. The summed E-state index contributed by atoms with van der Waals surface area (Å²) in [6, 6.07) is 0. The van der Waals surface area contributed by atoms with Gasteiger partial charge in [-0.2, -0.15) is 0 Å². The average Bonchev–Trinajstić information content (AvgIpc) is 2.88. The molecule has 0 N–H and O–H groups in total. The van der Waals surface area contributed by atoms with Crippen molar-refractivity contribution in [2.75, 3.05) is 6.61 Å². The largest absolute Gasteiger partial charge is 0.465 e. The Hall–Kier alpha value is -0.530. The first-order valence-electron chi connectivity index (χ1n) is 16.8. The molecule has 0 aromatic carbocycles. The summed E-state index contributed by atoms with van der Waals surface area (Å²) in [7, 11) is 0. The first-order chi connectivity index (χ1) is 17.7. The maximum atomic E-state index is 12.5. The molecule has 0 rings (SSSR count). The van der Waals surface area contributed by atoms with E-state index in [4.69, 9.17) is 4.74 Å². The molecule has 2 nitrogen and oxygen atoms in total. The van der Waals surface area contributed by atoms with E-state index in [-0.39, 0.29) is 11.9 Å². The van der Waals surface area contributed by atoms with Gasteiger partial charge in [-0.25, -0.2) is 0 Å². The van der Waals surface area contributed by atoms with Gasteiger partial charge >= 0.3 is 5.97 Å². The molecule has 0 aromatic rings. The summed E-state index contributed by atoms with van der Waals surface area (Å²) < 4.78 is 5.78. The second kappa shape index (κ2) is 29.0. The van der Waals surface area contributed by atoms with Crippen molar-refractivity contribution < 1.29 is 9.53 Å². The zero-order valence-corrected chi connectivity index (χ0v) is 25.6. The van der Waals surface area contributed by atoms with Gasteiger partial charge in [0.05, 0.1) is 12.5 Å². The highest BCUT2D eigenvalue weighted by atomic mass is 16.5. The SMILES string of the molecule is CCCCCCCCCCCCCCC(CCC)COC(=O)C(C)CCCCCCCCCCCC. The highest BCUT2D eigenvalue weighted by molar-refractivity contribution is 5.71. The molecule has 0 aliphatic rings. The van der Waals surface area contributed by atoms with Crippen LogP contribution in [0.15, 0.2) is 0 Å². The van der Waals surface area contributed by atoms with E-state index >= 15 is 0 Å². The van der Waals surface area contributed by atoms with Gasteiger partial charge in [-0.15, -0.1) is 0 Å². The zero-order chi connectivity index (χ0) is 26.5. The third-order valence-electron chi connectivity index (χ3n) is 8.02. The maximum absolute atomic E-state index is 12.5. The van der Waals surface area contributed by atoms with Gasteiger partial charge in [-0.05, 0) is 25.2 Å². The molecule has 0 aliphatic carbocycles. The van der Waals surface area contributed by atoms with Gasteiger partial charge in [0, 0.05) is 0 Å². The van der Waals surface area contributed by atoms with E-state index in [0.717, 1.165) is 6.42 Å². The van der Waals surface area contributed by atoms with Crippen LogP contribution in [-0.2, 0) is 9.53 Å². The number of unbranched alkanes of at least 4 members (excludes halogenated alkanes) is 20. The average molecular weight is 509 g/mol. The van der Waals surface area contributed by atoms with Gasteiger partial charge < -0.3 is 4.74 Å². The second-order valence-electron chi connectivity index (χ2n) is 11.8. The van der Waals surface area contributed by atoms with E-state index in [9.17, 15) is 4.79 Å². The molecule has 0 heterocycles. The van der Waals surface area contributed by atoms with Crippen molar-refractivity contribution in [2.24, 2.45) is 11.8 Å². The van der Waals surface area contributed by atoms with Gasteiger partial charge in [-0.3, -0.25) is 4.79 Å². The van der Waals surface area contributed by atoms with Crippen LogP contribution in [0.4, 0.5) is 0 Å². The fourth-order valence-corrected chi connectivity index (χ4v) is 5.39. The Bertz CT molecular complexity index is 433. The van der Waals surface area contributed by atoms with Gasteiger partial charge in [0.15, 0.2) is 0 Å². The number of hydrogen-bond acceptors (Lipinski definition) is 2. The molecule has 0 saturated carbocycles. The third-order valence-corrected chi connectivity index (χ3v) is 8.02. The Morgan fingerprint density at radius 2 is 0.833 bits per heavy atom. The lowest BCUT2D eigenvalue weighted by Crippen LogP contribution is -2.19. The summed E-state index contributed by atoms with van der Waals surface area (Å²) in [4.78, 5) is 12.5. The van der Waals surface area contributed by atoms with E-state index in [2.05, 4.69) is 27.7 Å². The lowest BCUT2D eigenvalue weighted by molar-refractivity contribution is -0.149. The molecule has 0 saturated heterocycles. The molecule has 0 spiro atoms. The van der Waals surface area contributed by atoms with Crippen molar-refractivity contribution in [1.29, 1.82) is 0 Å². The van der Waals surface area contributed by atoms with Crippen molar-refractivity contribution >= 4 is 5.97 Å². The smallest absolute Gasteiger partial charge is 0.308 e. The van der Waals surface area contributed by atoms with Gasteiger partial charge in [-0.1, -0.05) is 175 Å². The number of carbonyl (C=O) groups excluding carboxylic acids is 1. The quantitative estimate of drug-likeness (QED) is 0.0741. The molecule has 0 radical (unpaired) electrons. The first-order valence-corrected chi connectivity index (χ1v) is 16.8. The maximum Gasteiger partial charge on any atom is 0.308 e. The molecule has 0 aliphatic heterocycles. The molecular formula is C34H68O2. The van der Waals surface area contributed by atoms with E-state index in [1.807, 2.05) is 0 Å². The van der Waals surface area contributed by atoms with E-state index < -0.39 is 0 Å². The first kappa shape index (κ1) is 35.5. The van der Waals surface area contributed by atoms with Gasteiger partial charge in [0.1, 0.15) is 0 Å². The molecule has 2 atom stereocenters. The van der Waals surface area contributed by atoms with Crippen molar-refractivity contribution in [1.82, 2.24) is 0 Å². The van der Waals surface area contributed by atoms with E-state index in [1.165, 1.54) is 161 Å². The molecule has 0 aromatic heterocycles. The van der Waals surface area contributed by atoms with Crippen molar-refractivity contribution in [2.45, 2.75) is 195 Å². The number of esters is 1. The molecule has 216 valence electrons. The molecule has 0 fully saturated rings. The monoisotopic (exact) mass is 509 g/mol. The van der Waals surface area contributed by atoms with E-state index in [1.54, 1.807) is 0 Å². The molecular weight excluding hydrogens is 440 g/mol. The second-order valence-corrected chi connectivity index (χ2v) is 11.8. The minimum absolute atomic E-state index is 0.0433. The minimum atomic E-state index is 0.0433. The Kier molecular flexibility index (Phi) is 28.6. The lowest BCUT2D eigenvalue weighted by atomic mass is 9.96. The molecule has 0 bridgehead atoms. The normalized spacial score (nSPS) is 13.1. The summed E-state index contributed by atoms with van der Waals surface area (Å²) in [6.45, 7) is 9.53. The van der Waals surface area contributed by atoms with Crippen LogP contribution in [0.5, 0.6) is 0 Å². The molecule has 2 heteroatoms. The Labute approximate surface area is 228 Å². The summed E-state index contributed by atoms with van der Waals surface area (Å²) in [6.07, 6.45) is 34.9. The lowest BCUT2D eigenvalue weighted by Gasteiger charge is -2.18. The summed E-state index contributed by atoms with van der Waals surface area (Å²) >= 11 is 0. The minimum Gasteiger partial charge on any atom is -0.465 e. The topological polar surface area (TPSA) is 26.3 Å². The standard InChI is InChI=1S/C34H68O2/c1-5-8-10-12-14-16-18-19-21-23-25-27-30-33(28-7-3)31-36-34(35)32(4)29-26-24-22-20-17-15-13-11-9-6-2/h32-33H,5-31H2,1-4H3. The van der Waals surface area contributed by atoms with Crippen LogP contribution in [0.3, 0.4) is 0 Å². The zero-order valence-electron chi connectivity index (χ0n) is 25.6. The van der Waals surface area contributed by atoms with Crippen LogP contribution < -0.4 is 0 Å². The third kappa shape index (κ3) is 25.1. The van der Waals surface area contributed by atoms with Crippen LogP contribution >= 0.6 is 0 Å². The van der Waals surface area contributed by atoms with Gasteiger partial charge in [0.2, 0.25) is 0 Å². The Balaban J connectivity index is 3.68. The van der Waals surface area contributed by atoms with E-state index in [0.29, 0.717) is 12.5 Å². The number of ether oxygens (including phenoxy) is 1. The number of carbonyl (C=O) groups is 1. The number of hydrogen-bond donors (Lipinski definition) is 0. The van der Waals surface area contributed by atoms with Crippen molar-refractivity contribution in [3.63, 3.8) is 0 Å². The van der Waals surface area contributed by atoms with Crippen LogP contribution in [0.25, 0.3) is 0 Å². The predicted molar refractivity (Wildman–Crippen MR) is 161 cm³/mol. The van der Waals surface area contributed by atoms with Crippen molar-refractivity contribution in [3.05, 3.63) is 0 Å². The molecule has 36 heavy (non-hydrogen) atoms. The summed E-state index contributed by atoms with van der Waals surface area (Å²) in [5.41, 5.74) is 0. The Morgan fingerprint density at radius 3 is 1.22 bits per heavy atom. The molecule has 0 amide bonds. The number of rotatable bonds is 29. The van der Waals surface area contributed by atoms with Crippen LogP contribution in [-0.4, -0.2) is 12.6 Å². The fourth-order valence-electron chi connectivity index (χ4n) is 5.39. The highest BCUT2D eigenvalue weighted by Gasteiger charge is 2.17. The predicted octanol–water partition coefficient (Wildman–Crippen LogP) is 12.0. The molecule has 2 unspecified atom stereocenters. The van der Waals surface area contributed by atoms with Crippen LogP contribution in [0.2, 0.25) is 0 Å². The van der Waals surface area contributed by atoms with Crippen LogP contribution in [0, 0.1) is 11.8 Å². The van der Waals surface area contributed by atoms with Crippen molar-refractivity contribution in [3.8, 4) is 0 Å². The van der Waals surface area contributed by atoms with Crippen LogP contribution in [0.1, 0.15) is 195 Å². The Morgan fingerprint density at radius 1 is 0.472 bits per heavy atom.